The number of amides is 1. The number of benzene rings is 1. The summed E-state index contributed by atoms with van der Waals surface area (Å²) < 4.78 is 14.4. The molecule has 0 saturated carbocycles. The van der Waals surface area contributed by atoms with E-state index < -0.39 is 11.9 Å². The molecule has 120 valence electrons. The van der Waals surface area contributed by atoms with Crippen LogP contribution in [-0.4, -0.2) is 35.5 Å². The molecule has 3 N–H and O–H groups in total. The molecule has 0 atom stereocenters. The Morgan fingerprint density at radius 3 is 2.74 bits per heavy atom. The van der Waals surface area contributed by atoms with Gasteiger partial charge in [-0.1, -0.05) is 0 Å². The number of nitrogens with two attached hydrogens (primary N) is 1. The number of ether oxygens (including phenoxy) is 2. The highest BCUT2D eigenvalue weighted by Gasteiger charge is 2.15. The Hall–Kier alpha value is -3.43. The van der Waals surface area contributed by atoms with E-state index in [0.29, 0.717) is 11.3 Å². The number of nitrogen functional groups attached to an aromatic ring is 1. The fourth-order valence-electron chi connectivity index (χ4n) is 1.58. The van der Waals surface area contributed by atoms with Crippen LogP contribution >= 0.6 is 0 Å². The van der Waals surface area contributed by atoms with Gasteiger partial charge in [-0.3, -0.25) is 9.59 Å². The zero-order valence-corrected chi connectivity index (χ0v) is 12.3. The van der Waals surface area contributed by atoms with Crippen molar-refractivity contribution in [1.29, 1.82) is 0 Å². The van der Waals surface area contributed by atoms with Crippen LogP contribution in [-0.2, 0) is 4.79 Å². The number of carbonyl (C=O) groups excluding carboxylic acids is 2. The monoisotopic (exact) mass is 319 g/mol. The quantitative estimate of drug-likeness (QED) is 0.348. The zero-order valence-electron chi connectivity index (χ0n) is 12.3. The van der Waals surface area contributed by atoms with E-state index in [1.54, 1.807) is 18.2 Å². The molecule has 1 amide bonds. The molecule has 0 spiro atoms. The molecule has 2 aromatic rings. The van der Waals surface area contributed by atoms with Crippen molar-refractivity contribution in [2.45, 2.75) is 6.92 Å². The largest absolute Gasteiger partial charge is 0.493 e. The Bertz CT molecular complexity index is 755. The molecule has 1 aromatic heterocycles. The molecule has 23 heavy (non-hydrogen) atoms. The van der Waals surface area contributed by atoms with Crippen LogP contribution in [0.1, 0.15) is 23.0 Å². The number of hydrogen-bond donors (Lipinski definition) is 2. The number of anilines is 1. The minimum absolute atomic E-state index is 0.134. The lowest BCUT2D eigenvalue weighted by molar-refractivity contribution is -0.132. The van der Waals surface area contributed by atoms with Crippen LogP contribution in [0.2, 0.25) is 0 Å². The number of methoxy groups -OCH3 is 1. The van der Waals surface area contributed by atoms with E-state index in [4.69, 9.17) is 15.2 Å². The molecular formula is C13H13N5O5. The van der Waals surface area contributed by atoms with E-state index in [9.17, 15) is 9.59 Å². The summed E-state index contributed by atoms with van der Waals surface area (Å²) in [5.74, 6) is -0.632. The molecule has 0 aliphatic rings. The Labute approximate surface area is 130 Å². The summed E-state index contributed by atoms with van der Waals surface area (Å²) in [6.45, 7) is 1.29. The van der Waals surface area contributed by atoms with Crippen LogP contribution in [0, 0.1) is 0 Å². The van der Waals surface area contributed by atoms with E-state index in [0.717, 1.165) is 0 Å². The van der Waals surface area contributed by atoms with Gasteiger partial charge in [0.1, 0.15) is 0 Å². The van der Waals surface area contributed by atoms with Gasteiger partial charge in [0.2, 0.25) is 11.5 Å². The van der Waals surface area contributed by atoms with Gasteiger partial charge in [-0.15, -0.1) is 0 Å². The van der Waals surface area contributed by atoms with Crippen molar-refractivity contribution in [2.75, 3.05) is 12.8 Å². The Balaban J connectivity index is 2.06. The molecule has 0 aliphatic carbocycles. The standard InChI is InChI=1S/C13H13N5O5/c1-7(19)22-9-4-3-8(5-10(9)21-2)6-15-16-13(20)11-12(14)18-23-17-11/h3-6H,1-2H3,(H2,14,18)(H,16,20)/b15-6-. The SMILES string of the molecule is COc1cc(/C=N\NC(=O)c2nonc2N)ccc1OC(C)=O. The maximum Gasteiger partial charge on any atom is 0.308 e. The molecule has 0 radical (unpaired) electrons. The lowest BCUT2D eigenvalue weighted by atomic mass is 10.2. The summed E-state index contributed by atoms with van der Waals surface area (Å²) in [7, 11) is 1.44. The normalized spacial score (nSPS) is 10.5. The number of nitrogens with one attached hydrogen (secondary N) is 1. The van der Waals surface area contributed by atoms with Crippen molar-refractivity contribution < 1.29 is 23.7 Å². The van der Waals surface area contributed by atoms with E-state index >= 15 is 0 Å². The minimum atomic E-state index is -0.663. The summed E-state index contributed by atoms with van der Waals surface area (Å²) in [5, 5.41) is 10.4. The molecule has 0 unspecified atom stereocenters. The highest BCUT2D eigenvalue weighted by molar-refractivity contribution is 5.96. The summed E-state index contributed by atoms with van der Waals surface area (Å²) in [4.78, 5) is 22.6. The zero-order chi connectivity index (χ0) is 16.8. The number of esters is 1. The van der Waals surface area contributed by atoms with Crippen molar-refractivity contribution >= 4 is 23.9 Å². The van der Waals surface area contributed by atoms with Crippen molar-refractivity contribution in [3.8, 4) is 11.5 Å². The van der Waals surface area contributed by atoms with Gasteiger partial charge in [0.15, 0.2) is 11.5 Å². The fourth-order valence-corrected chi connectivity index (χ4v) is 1.58. The smallest absolute Gasteiger partial charge is 0.308 e. The first-order valence-corrected chi connectivity index (χ1v) is 6.29. The third kappa shape index (κ3) is 4.03. The number of nitrogens with zero attached hydrogens (tertiary/aromatic N) is 3. The molecular weight excluding hydrogens is 306 g/mol. The molecule has 0 aliphatic heterocycles. The fraction of sp³-hybridized carbons (Fsp3) is 0.154. The topological polar surface area (TPSA) is 142 Å². The van der Waals surface area contributed by atoms with Crippen molar-refractivity contribution in [3.63, 3.8) is 0 Å². The van der Waals surface area contributed by atoms with E-state index in [1.807, 2.05) is 0 Å². The molecule has 0 saturated heterocycles. The van der Waals surface area contributed by atoms with Crippen molar-refractivity contribution in [2.24, 2.45) is 5.10 Å². The van der Waals surface area contributed by atoms with Crippen LogP contribution in [0.15, 0.2) is 27.9 Å². The van der Waals surface area contributed by atoms with Gasteiger partial charge >= 0.3 is 5.97 Å². The Morgan fingerprint density at radius 1 is 1.35 bits per heavy atom. The van der Waals surface area contributed by atoms with E-state index in [-0.39, 0.29) is 17.3 Å². The van der Waals surface area contributed by atoms with Gasteiger partial charge in [-0.25, -0.2) is 10.1 Å². The minimum Gasteiger partial charge on any atom is -0.493 e. The number of rotatable bonds is 5. The van der Waals surface area contributed by atoms with Gasteiger partial charge < -0.3 is 15.2 Å². The second-order valence-corrected chi connectivity index (χ2v) is 4.20. The number of carbonyl (C=O) groups is 2. The van der Waals surface area contributed by atoms with Crippen LogP contribution in [0.5, 0.6) is 11.5 Å². The van der Waals surface area contributed by atoms with Gasteiger partial charge in [0.05, 0.1) is 13.3 Å². The highest BCUT2D eigenvalue weighted by Crippen LogP contribution is 2.27. The third-order valence-electron chi connectivity index (χ3n) is 2.55. The predicted molar refractivity (Wildman–Crippen MR) is 78.1 cm³/mol. The molecule has 1 heterocycles. The first-order chi connectivity index (χ1) is 11.0. The van der Waals surface area contributed by atoms with E-state index in [2.05, 4.69) is 25.5 Å². The molecule has 0 fully saturated rings. The Morgan fingerprint density at radius 2 is 2.13 bits per heavy atom. The van der Waals surface area contributed by atoms with Crippen molar-refractivity contribution in [1.82, 2.24) is 15.7 Å². The van der Waals surface area contributed by atoms with Crippen LogP contribution in [0.25, 0.3) is 0 Å². The summed E-state index contributed by atoms with van der Waals surface area (Å²) in [6.07, 6.45) is 1.36. The average Bonchev–Trinajstić information content (AvgIpc) is 2.94. The second kappa shape index (κ2) is 7.02. The molecule has 0 bridgehead atoms. The number of hydrazone groups is 1. The molecule has 2 rings (SSSR count). The lowest BCUT2D eigenvalue weighted by Crippen LogP contribution is -2.19. The number of hydrogen-bond acceptors (Lipinski definition) is 9. The van der Waals surface area contributed by atoms with Gasteiger partial charge in [-0.2, -0.15) is 5.10 Å². The van der Waals surface area contributed by atoms with Crippen LogP contribution in [0.4, 0.5) is 5.82 Å². The maximum absolute atomic E-state index is 11.7. The first kappa shape index (κ1) is 15.9. The molecule has 10 heteroatoms. The van der Waals surface area contributed by atoms with Crippen molar-refractivity contribution in [3.05, 3.63) is 29.5 Å². The lowest BCUT2D eigenvalue weighted by Gasteiger charge is -2.08. The average molecular weight is 319 g/mol. The summed E-state index contributed by atoms with van der Waals surface area (Å²) in [5.41, 5.74) is 8.04. The van der Waals surface area contributed by atoms with Gasteiger partial charge in [-0.05, 0) is 34.1 Å². The van der Waals surface area contributed by atoms with Crippen LogP contribution in [0.3, 0.4) is 0 Å². The Kier molecular flexibility index (Phi) is 4.87. The summed E-state index contributed by atoms with van der Waals surface area (Å²) in [6, 6.07) is 4.76. The molecule has 1 aromatic carbocycles. The second-order valence-electron chi connectivity index (χ2n) is 4.20. The summed E-state index contributed by atoms with van der Waals surface area (Å²) >= 11 is 0. The number of aromatic nitrogens is 2. The maximum atomic E-state index is 11.7. The first-order valence-electron chi connectivity index (χ1n) is 6.29. The van der Waals surface area contributed by atoms with Gasteiger partial charge in [0.25, 0.3) is 5.91 Å². The third-order valence-corrected chi connectivity index (χ3v) is 2.55. The predicted octanol–water partition coefficient (Wildman–Crippen LogP) is 0.350. The van der Waals surface area contributed by atoms with Gasteiger partial charge in [0, 0.05) is 6.92 Å². The highest BCUT2D eigenvalue weighted by atomic mass is 16.6. The van der Waals surface area contributed by atoms with Crippen LogP contribution < -0.4 is 20.6 Å². The van der Waals surface area contributed by atoms with E-state index in [1.165, 1.54) is 20.2 Å². The molecule has 10 nitrogen and oxygen atoms in total.